The number of hydrogen-bond donors (Lipinski definition) is 2. The lowest BCUT2D eigenvalue weighted by Gasteiger charge is -2.11. The van der Waals surface area contributed by atoms with Crippen LogP contribution in [0.2, 0.25) is 0 Å². The second-order valence-corrected chi connectivity index (χ2v) is 12.0. The molecule has 13 nitrogen and oxygen atoms in total. The van der Waals surface area contributed by atoms with E-state index < -0.39 is 10.7 Å². The minimum Gasteiger partial charge on any atom is -0.484 e. The maximum absolute atomic E-state index is 14.8. The summed E-state index contributed by atoms with van der Waals surface area (Å²) in [7, 11) is 1.84. The minimum absolute atomic E-state index is 0.0358. The molecule has 0 aliphatic rings. The van der Waals surface area contributed by atoms with E-state index in [1.165, 1.54) is 30.7 Å². The van der Waals surface area contributed by atoms with Crippen LogP contribution in [0.15, 0.2) is 73.3 Å². The summed E-state index contributed by atoms with van der Waals surface area (Å²) in [6, 6.07) is 11.6. The molecule has 1 atom stereocenters. The van der Waals surface area contributed by atoms with E-state index >= 15 is 0 Å². The number of fused-ring (bicyclic) bond motifs is 1. The van der Waals surface area contributed by atoms with Crippen molar-refractivity contribution in [1.29, 1.82) is 0 Å². The number of nitrogens with zero attached hydrogens (tertiary/aromatic N) is 7. The van der Waals surface area contributed by atoms with Crippen molar-refractivity contribution in [2.24, 2.45) is 13.0 Å². The van der Waals surface area contributed by atoms with Crippen LogP contribution in [0.4, 0.5) is 27.5 Å². The Bertz CT molecular complexity index is 1970. The largest absolute Gasteiger partial charge is 0.484 e. The SMILES string of the molecule is CCc1nc([N+](=O)[O-])c(CCC(C)CCCC/C=C/C(=O)Nc2cc3c(Nc4ccc(OCc5ccccn5)c(F)c4)ncnc3cn2)n1C. The van der Waals surface area contributed by atoms with Gasteiger partial charge in [0, 0.05) is 36.8 Å². The molecule has 0 fully saturated rings. The van der Waals surface area contributed by atoms with Crippen LogP contribution in [-0.2, 0) is 31.3 Å². The summed E-state index contributed by atoms with van der Waals surface area (Å²) < 4.78 is 22.3. The monoisotopic (exact) mass is 681 g/mol. The van der Waals surface area contributed by atoms with Gasteiger partial charge in [-0.2, -0.15) is 0 Å². The van der Waals surface area contributed by atoms with Gasteiger partial charge in [-0.15, -0.1) is 0 Å². The smallest absolute Gasteiger partial charge is 0.385 e. The molecule has 2 N–H and O–H groups in total. The average molecular weight is 682 g/mol. The van der Waals surface area contributed by atoms with Crippen LogP contribution in [0, 0.1) is 21.8 Å². The van der Waals surface area contributed by atoms with Crippen molar-refractivity contribution >= 4 is 40.0 Å². The second-order valence-electron chi connectivity index (χ2n) is 12.0. The normalized spacial score (nSPS) is 11.9. The molecule has 0 aliphatic heterocycles. The Morgan fingerprint density at radius 2 is 1.98 bits per heavy atom. The van der Waals surface area contributed by atoms with Crippen LogP contribution < -0.4 is 15.4 Å². The van der Waals surface area contributed by atoms with Crippen molar-refractivity contribution in [3.05, 3.63) is 106 Å². The number of allylic oxidation sites excluding steroid dienone is 1. The molecule has 0 saturated carbocycles. The molecule has 0 bridgehead atoms. The molecule has 14 heteroatoms. The molecule has 1 amide bonds. The van der Waals surface area contributed by atoms with Gasteiger partial charge >= 0.3 is 5.82 Å². The van der Waals surface area contributed by atoms with E-state index in [0.29, 0.717) is 58.4 Å². The first-order valence-electron chi connectivity index (χ1n) is 16.6. The number of hydrogen-bond acceptors (Lipinski definition) is 10. The zero-order valence-corrected chi connectivity index (χ0v) is 28.3. The highest BCUT2D eigenvalue weighted by Crippen LogP contribution is 2.28. The van der Waals surface area contributed by atoms with Crippen LogP contribution in [0.3, 0.4) is 0 Å². The van der Waals surface area contributed by atoms with Crippen molar-refractivity contribution in [1.82, 2.24) is 29.5 Å². The third-order valence-electron chi connectivity index (χ3n) is 8.30. The molecule has 0 aliphatic carbocycles. The molecule has 0 spiro atoms. The van der Waals surface area contributed by atoms with Gasteiger partial charge in [-0.1, -0.05) is 38.8 Å². The van der Waals surface area contributed by atoms with Gasteiger partial charge in [-0.05, 0) is 77.9 Å². The van der Waals surface area contributed by atoms with Crippen molar-refractivity contribution in [2.75, 3.05) is 10.6 Å². The van der Waals surface area contributed by atoms with Gasteiger partial charge in [0.15, 0.2) is 11.6 Å². The highest BCUT2D eigenvalue weighted by molar-refractivity contribution is 6.00. The number of halogens is 1. The number of rotatable bonds is 17. The number of carbonyl (C=O) groups excluding carboxylic acids is 1. The molecular weight excluding hydrogens is 641 g/mol. The van der Waals surface area contributed by atoms with Crippen molar-refractivity contribution in [3.8, 4) is 5.75 Å². The average Bonchev–Trinajstić information content (AvgIpc) is 3.44. The molecule has 1 aromatic carbocycles. The molecule has 0 saturated heterocycles. The fraction of sp³-hybridized carbons (Fsp3) is 0.333. The van der Waals surface area contributed by atoms with E-state index in [1.54, 1.807) is 30.5 Å². The van der Waals surface area contributed by atoms with Gasteiger partial charge in [0.25, 0.3) is 0 Å². The molecule has 4 heterocycles. The highest BCUT2D eigenvalue weighted by Gasteiger charge is 2.24. The highest BCUT2D eigenvalue weighted by atomic mass is 19.1. The van der Waals surface area contributed by atoms with Gasteiger partial charge < -0.3 is 30.1 Å². The molecule has 5 aromatic rings. The lowest BCUT2D eigenvalue weighted by atomic mass is 9.97. The van der Waals surface area contributed by atoms with E-state index in [1.807, 2.05) is 30.7 Å². The first kappa shape index (κ1) is 35.5. The summed E-state index contributed by atoms with van der Waals surface area (Å²) >= 11 is 0. The Labute approximate surface area is 289 Å². The van der Waals surface area contributed by atoms with Crippen molar-refractivity contribution < 1.29 is 18.8 Å². The van der Waals surface area contributed by atoms with Crippen LogP contribution in [0.25, 0.3) is 10.9 Å². The van der Waals surface area contributed by atoms with Crippen molar-refractivity contribution in [3.63, 3.8) is 0 Å². The number of aromatic nitrogens is 6. The zero-order valence-electron chi connectivity index (χ0n) is 28.3. The lowest BCUT2D eigenvalue weighted by molar-refractivity contribution is -0.390. The number of imidazole rings is 1. The van der Waals surface area contributed by atoms with Gasteiger partial charge in [0.1, 0.15) is 30.3 Å². The molecule has 50 heavy (non-hydrogen) atoms. The number of nitro groups is 1. The number of nitrogens with one attached hydrogen (secondary N) is 2. The van der Waals surface area contributed by atoms with Gasteiger partial charge in [-0.3, -0.25) is 9.78 Å². The number of carbonyl (C=O) groups is 1. The number of pyridine rings is 2. The van der Waals surface area contributed by atoms with E-state index in [4.69, 9.17) is 4.74 Å². The summed E-state index contributed by atoms with van der Waals surface area (Å²) in [5.74, 6) is 1.07. The minimum atomic E-state index is -0.542. The molecule has 5 rings (SSSR count). The predicted octanol–water partition coefficient (Wildman–Crippen LogP) is 7.41. The van der Waals surface area contributed by atoms with Crippen molar-refractivity contribution in [2.45, 2.75) is 65.4 Å². The molecule has 1 unspecified atom stereocenters. The van der Waals surface area contributed by atoms with E-state index in [0.717, 1.165) is 37.9 Å². The lowest BCUT2D eigenvalue weighted by Crippen LogP contribution is -2.09. The molecule has 0 radical (unpaired) electrons. The number of ether oxygens (including phenoxy) is 1. The van der Waals surface area contributed by atoms with Crippen LogP contribution >= 0.6 is 0 Å². The number of benzene rings is 1. The number of unbranched alkanes of at least 4 members (excludes halogenated alkanes) is 2. The first-order chi connectivity index (χ1) is 24.2. The fourth-order valence-electron chi connectivity index (χ4n) is 5.54. The third-order valence-corrected chi connectivity index (χ3v) is 8.30. The molecular formula is C36H40FN9O4. The predicted molar refractivity (Wildman–Crippen MR) is 189 cm³/mol. The standard InChI is InChI=1S/C36H40FN9O4/c1-4-33-44-36(46(48)49)30(45(33)3)16-14-24(2)11-7-5-6-8-13-34(47)43-32-20-27-29(21-39-32)40-23-41-35(27)42-25-15-17-31(28(37)19-25)50-22-26-12-9-10-18-38-26/h8-10,12-13,15,17-21,23-24H,4-7,11,14,16,22H2,1-3H3,(H,39,43,47)(H,40,41,42)/b13-8+. The molecule has 260 valence electrons. The van der Waals surface area contributed by atoms with Crippen LogP contribution in [0.1, 0.15) is 63.2 Å². The van der Waals surface area contributed by atoms with E-state index in [-0.39, 0.29) is 24.1 Å². The maximum atomic E-state index is 14.8. The Kier molecular flexibility index (Phi) is 12.1. The van der Waals surface area contributed by atoms with E-state index in [9.17, 15) is 19.3 Å². The Morgan fingerprint density at radius 3 is 2.74 bits per heavy atom. The number of aryl methyl sites for hydroxylation is 1. The van der Waals surface area contributed by atoms with Gasteiger partial charge in [-0.25, -0.2) is 19.3 Å². The summed E-state index contributed by atoms with van der Waals surface area (Å²) in [5.41, 5.74) is 2.37. The maximum Gasteiger partial charge on any atom is 0.385 e. The Morgan fingerprint density at radius 1 is 1.12 bits per heavy atom. The summed E-state index contributed by atoms with van der Waals surface area (Å²) in [5, 5.41) is 17.9. The number of amides is 1. The van der Waals surface area contributed by atoms with Crippen LogP contribution in [0.5, 0.6) is 5.75 Å². The topological polar surface area (TPSA) is 163 Å². The van der Waals surface area contributed by atoms with Gasteiger partial charge in [0.05, 0.1) is 17.4 Å². The quantitative estimate of drug-likeness (QED) is 0.0437. The Hall–Kier alpha value is -5.79. The molecule has 4 aromatic heterocycles. The third kappa shape index (κ3) is 9.43. The summed E-state index contributed by atoms with van der Waals surface area (Å²) in [6.45, 7) is 4.24. The van der Waals surface area contributed by atoms with E-state index in [2.05, 4.69) is 42.5 Å². The van der Waals surface area contributed by atoms with Gasteiger partial charge in [0.2, 0.25) is 11.7 Å². The zero-order chi connectivity index (χ0) is 35.5. The summed E-state index contributed by atoms with van der Waals surface area (Å²) in [4.78, 5) is 44.9. The number of anilines is 3. The Balaban J connectivity index is 1.08. The second kappa shape index (κ2) is 17.0. The first-order valence-corrected chi connectivity index (χ1v) is 16.6. The fourth-order valence-corrected chi connectivity index (χ4v) is 5.54. The summed E-state index contributed by atoms with van der Waals surface area (Å²) in [6.07, 6.45) is 13.6. The van der Waals surface area contributed by atoms with Crippen LogP contribution in [-0.4, -0.2) is 40.3 Å².